The Balaban J connectivity index is 1.28. The van der Waals surface area contributed by atoms with E-state index in [-0.39, 0.29) is 6.03 Å². The summed E-state index contributed by atoms with van der Waals surface area (Å²) < 4.78 is 1.76. The molecule has 0 bridgehead atoms. The predicted molar refractivity (Wildman–Crippen MR) is 119 cm³/mol. The third-order valence-corrected chi connectivity index (χ3v) is 5.42. The molecule has 0 radical (unpaired) electrons. The lowest BCUT2D eigenvalue weighted by Gasteiger charge is -2.18. The third-order valence-electron chi connectivity index (χ3n) is 5.42. The van der Waals surface area contributed by atoms with E-state index in [1.54, 1.807) is 10.9 Å². The number of fused-ring (bicyclic) bond motifs is 1. The number of aryl methyl sites for hydroxylation is 1. The van der Waals surface area contributed by atoms with Gasteiger partial charge in [-0.15, -0.1) is 5.10 Å². The van der Waals surface area contributed by atoms with E-state index in [4.69, 9.17) is 0 Å². The van der Waals surface area contributed by atoms with Crippen LogP contribution in [0.2, 0.25) is 0 Å². The maximum absolute atomic E-state index is 12.8. The molecule has 1 aliphatic rings. The quantitative estimate of drug-likeness (QED) is 0.549. The number of amides is 2. The molecule has 2 heterocycles. The van der Waals surface area contributed by atoms with Crippen molar-refractivity contribution in [3.8, 4) is 5.69 Å². The van der Waals surface area contributed by atoms with Crippen molar-refractivity contribution in [2.24, 2.45) is 0 Å². The Labute approximate surface area is 174 Å². The van der Waals surface area contributed by atoms with Crippen molar-refractivity contribution in [3.63, 3.8) is 0 Å². The smallest absolute Gasteiger partial charge is 0.316 e. The van der Waals surface area contributed by atoms with E-state index in [1.807, 2.05) is 42.2 Å². The average molecular weight is 395 g/mol. The zero-order chi connectivity index (χ0) is 20.5. The summed E-state index contributed by atoms with van der Waals surface area (Å²) in [6.45, 7) is 3.14. The van der Waals surface area contributed by atoms with Gasteiger partial charge in [-0.2, -0.15) is 0 Å². The molecule has 0 spiro atoms. The molecule has 0 saturated heterocycles. The highest BCUT2D eigenvalue weighted by Gasteiger charge is 2.21. The molecule has 148 valence electrons. The lowest BCUT2D eigenvalue weighted by molar-refractivity contribution is 0.225. The van der Waals surface area contributed by atoms with Gasteiger partial charge in [0, 0.05) is 18.8 Å². The maximum Gasteiger partial charge on any atom is 0.322 e. The topological polar surface area (TPSA) is 63.1 Å². The SMILES string of the molecule is Cc1cnnn1-c1ccc(NC(=O)N2CC=C(c3cccc4ccccc34)C2)cc1. The van der Waals surface area contributed by atoms with Gasteiger partial charge in [-0.1, -0.05) is 53.8 Å². The number of nitrogens with one attached hydrogen (secondary N) is 1. The van der Waals surface area contributed by atoms with Crippen molar-refractivity contribution in [2.75, 3.05) is 18.4 Å². The molecule has 2 amide bonds. The fourth-order valence-electron chi connectivity index (χ4n) is 3.84. The number of aromatic nitrogens is 3. The van der Waals surface area contributed by atoms with E-state index in [9.17, 15) is 4.79 Å². The number of benzene rings is 3. The number of nitrogens with zero attached hydrogens (tertiary/aromatic N) is 4. The second kappa shape index (κ2) is 7.48. The van der Waals surface area contributed by atoms with E-state index in [1.165, 1.54) is 21.9 Å². The Morgan fingerprint density at radius 1 is 1.00 bits per heavy atom. The fraction of sp³-hybridized carbons (Fsp3) is 0.125. The van der Waals surface area contributed by atoms with Gasteiger partial charge >= 0.3 is 6.03 Å². The number of urea groups is 1. The Morgan fingerprint density at radius 3 is 2.60 bits per heavy atom. The van der Waals surface area contributed by atoms with Gasteiger partial charge in [-0.05, 0) is 53.1 Å². The lowest BCUT2D eigenvalue weighted by Crippen LogP contribution is -2.33. The van der Waals surface area contributed by atoms with Crippen molar-refractivity contribution in [2.45, 2.75) is 6.92 Å². The molecule has 1 N–H and O–H groups in total. The van der Waals surface area contributed by atoms with Crippen molar-refractivity contribution >= 4 is 28.1 Å². The summed E-state index contributed by atoms with van der Waals surface area (Å²) in [5.74, 6) is 0. The van der Waals surface area contributed by atoms with Gasteiger partial charge in [0.1, 0.15) is 0 Å². The lowest BCUT2D eigenvalue weighted by atomic mass is 9.99. The molecule has 30 heavy (non-hydrogen) atoms. The van der Waals surface area contributed by atoms with Crippen LogP contribution < -0.4 is 5.32 Å². The molecular formula is C24H21N5O. The van der Waals surface area contributed by atoms with Crippen molar-refractivity contribution < 1.29 is 4.79 Å². The third kappa shape index (κ3) is 3.33. The van der Waals surface area contributed by atoms with Crippen LogP contribution in [-0.2, 0) is 0 Å². The number of carbonyl (C=O) groups is 1. The second-order valence-electron chi connectivity index (χ2n) is 7.40. The van der Waals surface area contributed by atoms with Crippen LogP contribution in [-0.4, -0.2) is 39.0 Å². The number of carbonyl (C=O) groups excluding carboxylic acids is 1. The maximum atomic E-state index is 12.8. The fourth-order valence-corrected chi connectivity index (χ4v) is 3.84. The van der Waals surface area contributed by atoms with E-state index in [0.29, 0.717) is 13.1 Å². The van der Waals surface area contributed by atoms with Crippen LogP contribution >= 0.6 is 0 Å². The number of anilines is 1. The molecule has 6 heteroatoms. The van der Waals surface area contributed by atoms with Crippen molar-refractivity contribution in [1.82, 2.24) is 19.9 Å². The van der Waals surface area contributed by atoms with Crippen LogP contribution in [0.1, 0.15) is 11.3 Å². The van der Waals surface area contributed by atoms with E-state index in [0.717, 1.165) is 17.1 Å². The minimum absolute atomic E-state index is 0.105. The number of hydrogen-bond acceptors (Lipinski definition) is 3. The highest BCUT2D eigenvalue weighted by molar-refractivity contribution is 5.97. The Kier molecular flexibility index (Phi) is 4.52. The summed E-state index contributed by atoms with van der Waals surface area (Å²) in [6, 6.07) is 22.1. The standard InChI is InChI=1S/C24H21N5O/c1-17-15-25-27-29(17)21-11-9-20(10-12-21)26-24(30)28-14-13-19(16-28)23-8-4-6-18-5-2-3-7-22(18)23/h2-13,15H,14,16H2,1H3,(H,26,30). The molecule has 1 aromatic heterocycles. The first kappa shape index (κ1) is 18.1. The zero-order valence-electron chi connectivity index (χ0n) is 16.6. The highest BCUT2D eigenvalue weighted by Crippen LogP contribution is 2.28. The summed E-state index contributed by atoms with van der Waals surface area (Å²) >= 11 is 0. The van der Waals surface area contributed by atoms with E-state index in [2.05, 4.69) is 58.1 Å². The molecule has 0 fully saturated rings. The van der Waals surface area contributed by atoms with Crippen molar-refractivity contribution in [3.05, 3.63) is 90.3 Å². The second-order valence-corrected chi connectivity index (χ2v) is 7.40. The number of rotatable bonds is 3. The first-order chi connectivity index (χ1) is 14.7. The molecule has 5 rings (SSSR count). The molecule has 3 aromatic carbocycles. The molecule has 0 unspecified atom stereocenters. The van der Waals surface area contributed by atoms with Crippen LogP contribution in [0.5, 0.6) is 0 Å². The molecule has 0 aliphatic carbocycles. The van der Waals surface area contributed by atoms with Gasteiger partial charge < -0.3 is 10.2 Å². The summed E-state index contributed by atoms with van der Waals surface area (Å²) in [6.07, 6.45) is 3.85. The minimum Gasteiger partial charge on any atom is -0.316 e. The van der Waals surface area contributed by atoms with Crippen LogP contribution in [0.3, 0.4) is 0 Å². The summed E-state index contributed by atoms with van der Waals surface area (Å²) in [5.41, 5.74) is 4.98. The molecule has 0 atom stereocenters. The van der Waals surface area contributed by atoms with Crippen LogP contribution in [0.25, 0.3) is 22.0 Å². The average Bonchev–Trinajstić information content (AvgIpc) is 3.43. The van der Waals surface area contributed by atoms with Gasteiger partial charge in [0.15, 0.2) is 0 Å². The van der Waals surface area contributed by atoms with Crippen LogP contribution in [0, 0.1) is 6.92 Å². The first-order valence-electron chi connectivity index (χ1n) is 9.90. The predicted octanol–water partition coefficient (Wildman–Crippen LogP) is 4.66. The molecule has 1 aliphatic heterocycles. The van der Waals surface area contributed by atoms with Gasteiger partial charge in [-0.3, -0.25) is 0 Å². The molecule has 6 nitrogen and oxygen atoms in total. The van der Waals surface area contributed by atoms with Crippen LogP contribution in [0.15, 0.2) is 79.0 Å². The van der Waals surface area contributed by atoms with Crippen LogP contribution in [0.4, 0.5) is 10.5 Å². The van der Waals surface area contributed by atoms with Gasteiger partial charge in [-0.25, -0.2) is 9.48 Å². The highest BCUT2D eigenvalue weighted by atomic mass is 16.2. The summed E-state index contributed by atoms with van der Waals surface area (Å²) in [5, 5.41) is 13.4. The minimum atomic E-state index is -0.105. The largest absolute Gasteiger partial charge is 0.322 e. The molecule has 0 saturated carbocycles. The van der Waals surface area contributed by atoms with E-state index < -0.39 is 0 Å². The molecular weight excluding hydrogens is 374 g/mol. The number of hydrogen-bond donors (Lipinski definition) is 1. The van der Waals surface area contributed by atoms with Gasteiger partial charge in [0.2, 0.25) is 0 Å². The Morgan fingerprint density at radius 2 is 1.80 bits per heavy atom. The van der Waals surface area contributed by atoms with E-state index >= 15 is 0 Å². The van der Waals surface area contributed by atoms with Gasteiger partial charge in [0.25, 0.3) is 0 Å². The summed E-state index contributed by atoms with van der Waals surface area (Å²) in [7, 11) is 0. The normalized spacial score (nSPS) is 13.5. The Hall–Kier alpha value is -3.93. The van der Waals surface area contributed by atoms with Gasteiger partial charge in [0.05, 0.1) is 17.6 Å². The summed E-state index contributed by atoms with van der Waals surface area (Å²) in [4.78, 5) is 14.6. The van der Waals surface area contributed by atoms with Crippen molar-refractivity contribution in [1.29, 1.82) is 0 Å². The monoisotopic (exact) mass is 395 g/mol. The zero-order valence-corrected chi connectivity index (χ0v) is 16.6. The molecule has 4 aromatic rings. The first-order valence-corrected chi connectivity index (χ1v) is 9.90. The Bertz CT molecular complexity index is 1250.